The van der Waals surface area contributed by atoms with Crippen LogP contribution in [0.3, 0.4) is 0 Å². The zero-order valence-corrected chi connectivity index (χ0v) is 7.18. The third kappa shape index (κ3) is 1.08. The predicted molar refractivity (Wildman–Crippen MR) is 44.2 cm³/mol. The van der Waals surface area contributed by atoms with Crippen molar-refractivity contribution in [3.05, 3.63) is 23.5 Å². The van der Waals surface area contributed by atoms with Crippen molar-refractivity contribution in [1.82, 2.24) is 4.57 Å². The molecule has 1 rings (SSSR count). The Morgan fingerprint density at radius 1 is 1.40 bits per heavy atom. The van der Waals surface area contributed by atoms with E-state index in [-0.39, 0.29) is 0 Å². The summed E-state index contributed by atoms with van der Waals surface area (Å²) in [7, 11) is 2.08. The van der Waals surface area contributed by atoms with Gasteiger partial charge in [0, 0.05) is 18.9 Å². The summed E-state index contributed by atoms with van der Waals surface area (Å²) in [5.41, 5.74) is 2.84. The van der Waals surface area contributed by atoms with Gasteiger partial charge in [-0.1, -0.05) is 13.8 Å². The molecule has 0 aliphatic rings. The van der Waals surface area contributed by atoms with Crippen molar-refractivity contribution >= 4 is 0 Å². The van der Waals surface area contributed by atoms with E-state index in [1.54, 1.807) is 0 Å². The Hall–Kier alpha value is -0.720. The normalized spacial score (nSPS) is 10.9. The second kappa shape index (κ2) is 2.49. The third-order valence-electron chi connectivity index (χ3n) is 2.05. The summed E-state index contributed by atoms with van der Waals surface area (Å²) in [6.45, 7) is 6.61. The van der Waals surface area contributed by atoms with Crippen molar-refractivity contribution in [3.8, 4) is 0 Å². The largest absolute Gasteiger partial charge is 0.354 e. The molecule has 0 aromatic carbocycles. The topological polar surface area (TPSA) is 4.93 Å². The maximum absolute atomic E-state index is 2.22. The highest BCUT2D eigenvalue weighted by molar-refractivity contribution is 5.23. The van der Waals surface area contributed by atoms with Crippen LogP contribution >= 0.6 is 0 Å². The molecular weight excluding hydrogens is 122 g/mol. The molecule has 10 heavy (non-hydrogen) atoms. The van der Waals surface area contributed by atoms with Crippen LogP contribution in [0.4, 0.5) is 0 Å². The van der Waals surface area contributed by atoms with Gasteiger partial charge in [-0.15, -0.1) is 0 Å². The van der Waals surface area contributed by atoms with E-state index in [1.807, 2.05) is 0 Å². The second-order valence-electron chi connectivity index (χ2n) is 3.12. The Morgan fingerprint density at radius 2 is 2.00 bits per heavy atom. The predicted octanol–water partition coefficient (Wildman–Crippen LogP) is 2.46. The lowest BCUT2D eigenvalue weighted by atomic mass is 10.0. The first kappa shape index (κ1) is 7.39. The van der Waals surface area contributed by atoms with Gasteiger partial charge in [-0.3, -0.25) is 0 Å². The Labute approximate surface area is 62.7 Å². The summed E-state index contributed by atoms with van der Waals surface area (Å²) in [6, 6.07) is 2.19. The van der Waals surface area contributed by atoms with Gasteiger partial charge in [0.05, 0.1) is 0 Å². The fourth-order valence-electron chi connectivity index (χ4n) is 1.24. The van der Waals surface area contributed by atoms with Crippen molar-refractivity contribution in [2.75, 3.05) is 0 Å². The fraction of sp³-hybridized carbons (Fsp3) is 0.556. The number of rotatable bonds is 1. The molecule has 0 saturated heterocycles. The molecule has 0 N–H and O–H groups in total. The molecule has 1 nitrogen and oxygen atoms in total. The van der Waals surface area contributed by atoms with Gasteiger partial charge in [0.1, 0.15) is 0 Å². The van der Waals surface area contributed by atoms with E-state index in [9.17, 15) is 0 Å². The first-order valence-corrected chi connectivity index (χ1v) is 3.74. The molecule has 56 valence electrons. The average Bonchev–Trinajstić information content (AvgIpc) is 2.14. The second-order valence-corrected chi connectivity index (χ2v) is 3.12. The van der Waals surface area contributed by atoms with E-state index in [0.29, 0.717) is 5.92 Å². The van der Waals surface area contributed by atoms with Crippen LogP contribution in [0.5, 0.6) is 0 Å². The Balaban J connectivity index is 3.05. The van der Waals surface area contributed by atoms with Gasteiger partial charge in [-0.25, -0.2) is 0 Å². The Bertz CT molecular complexity index is 221. The average molecular weight is 137 g/mol. The summed E-state index contributed by atoms with van der Waals surface area (Å²) in [6.07, 6.45) is 2.12. The molecule has 0 spiro atoms. The molecular formula is C9H15N. The van der Waals surface area contributed by atoms with Crippen molar-refractivity contribution < 1.29 is 0 Å². The first-order valence-electron chi connectivity index (χ1n) is 3.74. The van der Waals surface area contributed by atoms with Gasteiger partial charge >= 0.3 is 0 Å². The van der Waals surface area contributed by atoms with E-state index in [4.69, 9.17) is 0 Å². The zero-order valence-electron chi connectivity index (χ0n) is 7.18. The van der Waals surface area contributed by atoms with E-state index in [1.165, 1.54) is 11.3 Å². The standard InChI is InChI=1S/C9H15N/c1-7(2)9-5-6-10(4)8(9)3/h5-7H,1-4H3. The summed E-state index contributed by atoms with van der Waals surface area (Å²) in [5, 5.41) is 0. The highest BCUT2D eigenvalue weighted by Crippen LogP contribution is 2.18. The maximum atomic E-state index is 2.22. The maximum Gasteiger partial charge on any atom is 0.0175 e. The van der Waals surface area contributed by atoms with Crippen LogP contribution in [0, 0.1) is 6.92 Å². The lowest BCUT2D eigenvalue weighted by Crippen LogP contribution is -1.92. The molecule has 0 aliphatic carbocycles. The van der Waals surface area contributed by atoms with Crippen molar-refractivity contribution in [1.29, 1.82) is 0 Å². The van der Waals surface area contributed by atoms with Crippen molar-refractivity contribution in [2.45, 2.75) is 26.7 Å². The van der Waals surface area contributed by atoms with Gasteiger partial charge in [-0.05, 0) is 24.5 Å². The molecule has 1 aromatic heterocycles. The first-order chi connectivity index (χ1) is 4.63. The summed E-state index contributed by atoms with van der Waals surface area (Å²) in [4.78, 5) is 0. The monoisotopic (exact) mass is 137 g/mol. The zero-order chi connectivity index (χ0) is 7.72. The van der Waals surface area contributed by atoms with E-state index < -0.39 is 0 Å². The minimum Gasteiger partial charge on any atom is -0.354 e. The van der Waals surface area contributed by atoms with Crippen LogP contribution in [0.1, 0.15) is 31.0 Å². The lowest BCUT2D eigenvalue weighted by molar-refractivity contribution is 0.818. The summed E-state index contributed by atoms with van der Waals surface area (Å²) >= 11 is 0. The van der Waals surface area contributed by atoms with Crippen LogP contribution < -0.4 is 0 Å². The smallest absolute Gasteiger partial charge is 0.0175 e. The summed E-state index contributed by atoms with van der Waals surface area (Å²) < 4.78 is 2.16. The minimum absolute atomic E-state index is 0.654. The van der Waals surface area contributed by atoms with Crippen LogP contribution in [-0.2, 0) is 7.05 Å². The quantitative estimate of drug-likeness (QED) is 0.560. The molecule has 0 atom stereocenters. The molecule has 0 radical (unpaired) electrons. The molecule has 1 aromatic rings. The van der Waals surface area contributed by atoms with Gasteiger partial charge in [0.25, 0.3) is 0 Å². The van der Waals surface area contributed by atoms with Crippen LogP contribution in [0.2, 0.25) is 0 Å². The molecule has 0 saturated carbocycles. The van der Waals surface area contributed by atoms with Gasteiger partial charge in [0.2, 0.25) is 0 Å². The SMILES string of the molecule is Cc1c(C(C)C)ccn1C. The molecule has 1 heteroatoms. The Morgan fingerprint density at radius 3 is 2.20 bits per heavy atom. The number of nitrogens with zero attached hydrogens (tertiary/aromatic N) is 1. The fourth-order valence-corrected chi connectivity index (χ4v) is 1.24. The van der Waals surface area contributed by atoms with E-state index in [0.717, 1.165) is 0 Å². The van der Waals surface area contributed by atoms with E-state index >= 15 is 0 Å². The number of aromatic nitrogens is 1. The van der Waals surface area contributed by atoms with Crippen molar-refractivity contribution in [3.63, 3.8) is 0 Å². The molecule has 0 fully saturated rings. The third-order valence-corrected chi connectivity index (χ3v) is 2.05. The number of hydrogen-bond donors (Lipinski definition) is 0. The summed E-state index contributed by atoms with van der Waals surface area (Å²) in [5.74, 6) is 0.654. The van der Waals surface area contributed by atoms with Gasteiger partial charge < -0.3 is 4.57 Å². The van der Waals surface area contributed by atoms with Crippen LogP contribution in [0.15, 0.2) is 12.3 Å². The molecule has 1 heterocycles. The van der Waals surface area contributed by atoms with Crippen LogP contribution in [-0.4, -0.2) is 4.57 Å². The lowest BCUT2D eigenvalue weighted by Gasteiger charge is -2.04. The number of aryl methyl sites for hydroxylation is 1. The van der Waals surface area contributed by atoms with E-state index in [2.05, 4.69) is 44.6 Å². The van der Waals surface area contributed by atoms with Crippen molar-refractivity contribution in [2.24, 2.45) is 7.05 Å². The minimum atomic E-state index is 0.654. The van der Waals surface area contributed by atoms with Gasteiger partial charge in [0.15, 0.2) is 0 Å². The highest BCUT2D eigenvalue weighted by Gasteiger charge is 2.04. The number of hydrogen-bond acceptors (Lipinski definition) is 0. The Kier molecular flexibility index (Phi) is 1.84. The molecule has 0 aliphatic heterocycles. The highest BCUT2D eigenvalue weighted by atomic mass is 14.9. The van der Waals surface area contributed by atoms with Crippen LogP contribution in [0.25, 0.3) is 0 Å². The molecule has 0 bridgehead atoms. The molecule has 0 unspecified atom stereocenters. The molecule has 0 amide bonds. The van der Waals surface area contributed by atoms with Gasteiger partial charge in [-0.2, -0.15) is 0 Å².